The van der Waals surface area contributed by atoms with Gasteiger partial charge in [-0.2, -0.15) is 0 Å². The number of hydrogen-bond donors (Lipinski definition) is 1. The fourth-order valence-electron chi connectivity index (χ4n) is 1.57. The van der Waals surface area contributed by atoms with E-state index in [0.29, 0.717) is 0 Å². The van der Waals surface area contributed by atoms with Gasteiger partial charge in [-0.05, 0) is 25.2 Å². The number of nitrogen functional groups attached to an aromatic ring is 1. The van der Waals surface area contributed by atoms with Gasteiger partial charge in [0.1, 0.15) is 0 Å². The zero-order chi connectivity index (χ0) is 7.84. The SMILES string of the molecule is CC1CCc2sc(N)nc2C1. The molecule has 1 heterocycles. The summed E-state index contributed by atoms with van der Waals surface area (Å²) in [7, 11) is 0. The van der Waals surface area contributed by atoms with Crippen LogP contribution in [0.15, 0.2) is 0 Å². The van der Waals surface area contributed by atoms with Crippen molar-refractivity contribution in [3.8, 4) is 0 Å². The molecule has 1 atom stereocenters. The number of fused-ring (bicyclic) bond motifs is 1. The number of nitrogens with zero attached hydrogens (tertiary/aromatic N) is 1. The Balaban J connectivity index is 2.34. The third-order valence-corrected chi connectivity index (χ3v) is 3.19. The maximum Gasteiger partial charge on any atom is 0.180 e. The topological polar surface area (TPSA) is 38.9 Å². The Morgan fingerprint density at radius 2 is 2.45 bits per heavy atom. The summed E-state index contributed by atoms with van der Waals surface area (Å²) >= 11 is 1.66. The molecule has 0 spiro atoms. The van der Waals surface area contributed by atoms with E-state index in [-0.39, 0.29) is 0 Å². The Labute approximate surface area is 70.5 Å². The van der Waals surface area contributed by atoms with E-state index in [4.69, 9.17) is 5.73 Å². The minimum Gasteiger partial charge on any atom is -0.375 e. The largest absolute Gasteiger partial charge is 0.375 e. The molecule has 3 heteroatoms. The Kier molecular flexibility index (Phi) is 1.60. The maximum absolute atomic E-state index is 5.61. The van der Waals surface area contributed by atoms with E-state index in [0.717, 1.165) is 17.5 Å². The van der Waals surface area contributed by atoms with E-state index >= 15 is 0 Å². The number of aryl methyl sites for hydroxylation is 1. The van der Waals surface area contributed by atoms with Crippen LogP contribution in [0.2, 0.25) is 0 Å². The van der Waals surface area contributed by atoms with Crippen molar-refractivity contribution in [3.63, 3.8) is 0 Å². The molecular weight excluding hydrogens is 156 g/mol. The number of anilines is 1. The van der Waals surface area contributed by atoms with Crippen LogP contribution in [0.3, 0.4) is 0 Å². The van der Waals surface area contributed by atoms with Crippen molar-refractivity contribution >= 4 is 16.5 Å². The highest BCUT2D eigenvalue weighted by Gasteiger charge is 2.18. The van der Waals surface area contributed by atoms with Crippen molar-refractivity contribution in [2.45, 2.75) is 26.2 Å². The average Bonchev–Trinajstić information content (AvgIpc) is 2.27. The lowest BCUT2D eigenvalue weighted by Gasteiger charge is -2.15. The van der Waals surface area contributed by atoms with E-state index in [2.05, 4.69) is 11.9 Å². The highest BCUT2D eigenvalue weighted by Crippen LogP contribution is 2.30. The Hall–Kier alpha value is -0.570. The first-order valence-corrected chi connectivity index (χ1v) is 4.81. The van der Waals surface area contributed by atoms with Gasteiger partial charge in [0.15, 0.2) is 5.13 Å². The molecule has 0 saturated heterocycles. The normalized spacial score (nSPS) is 23.2. The molecule has 2 nitrogen and oxygen atoms in total. The van der Waals surface area contributed by atoms with Gasteiger partial charge in [0.2, 0.25) is 0 Å². The summed E-state index contributed by atoms with van der Waals surface area (Å²) < 4.78 is 0. The Morgan fingerprint density at radius 1 is 1.64 bits per heavy atom. The highest BCUT2D eigenvalue weighted by molar-refractivity contribution is 7.15. The minimum atomic E-state index is 0.740. The van der Waals surface area contributed by atoms with Gasteiger partial charge in [-0.3, -0.25) is 0 Å². The summed E-state index contributed by atoms with van der Waals surface area (Å²) in [4.78, 5) is 5.72. The third-order valence-electron chi connectivity index (χ3n) is 2.20. The zero-order valence-corrected chi connectivity index (χ0v) is 7.45. The molecule has 1 aromatic heterocycles. The van der Waals surface area contributed by atoms with Crippen LogP contribution in [0, 0.1) is 5.92 Å². The molecule has 2 N–H and O–H groups in total. The molecule has 0 aromatic carbocycles. The second-order valence-corrected chi connectivity index (χ2v) is 4.39. The quantitative estimate of drug-likeness (QED) is 0.642. The molecule has 0 bridgehead atoms. The minimum absolute atomic E-state index is 0.740. The molecule has 2 rings (SSSR count). The summed E-state index contributed by atoms with van der Waals surface area (Å²) in [5.41, 5.74) is 6.87. The summed E-state index contributed by atoms with van der Waals surface area (Å²) in [6, 6.07) is 0. The zero-order valence-electron chi connectivity index (χ0n) is 6.63. The molecule has 60 valence electrons. The van der Waals surface area contributed by atoms with E-state index in [1.807, 2.05) is 0 Å². The van der Waals surface area contributed by atoms with Gasteiger partial charge in [-0.1, -0.05) is 6.92 Å². The van der Waals surface area contributed by atoms with Crippen molar-refractivity contribution in [1.82, 2.24) is 4.98 Å². The summed E-state index contributed by atoms with van der Waals surface area (Å²) in [6.07, 6.45) is 3.61. The van der Waals surface area contributed by atoms with Gasteiger partial charge >= 0.3 is 0 Å². The van der Waals surface area contributed by atoms with E-state index in [1.54, 1.807) is 11.3 Å². The molecule has 1 aromatic rings. The molecule has 1 aliphatic rings. The van der Waals surface area contributed by atoms with Gasteiger partial charge in [0.25, 0.3) is 0 Å². The predicted molar refractivity (Wildman–Crippen MR) is 47.7 cm³/mol. The standard InChI is InChI=1S/C8H12N2S/c1-5-2-3-7-6(4-5)10-8(9)11-7/h5H,2-4H2,1H3,(H2,9,10). The first kappa shape index (κ1) is 7.10. The van der Waals surface area contributed by atoms with Crippen LogP contribution in [-0.2, 0) is 12.8 Å². The smallest absolute Gasteiger partial charge is 0.180 e. The summed E-state index contributed by atoms with van der Waals surface area (Å²) in [5.74, 6) is 0.795. The first-order chi connectivity index (χ1) is 5.25. The summed E-state index contributed by atoms with van der Waals surface area (Å²) in [5, 5.41) is 0.740. The van der Waals surface area contributed by atoms with Gasteiger partial charge in [-0.15, -0.1) is 11.3 Å². The van der Waals surface area contributed by atoms with Gasteiger partial charge in [0.05, 0.1) is 5.69 Å². The molecule has 0 amide bonds. The predicted octanol–water partition coefficient (Wildman–Crippen LogP) is 1.85. The monoisotopic (exact) mass is 168 g/mol. The van der Waals surface area contributed by atoms with Crippen molar-refractivity contribution in [2.24, 2.45) is 5.92 Å². The van der Waals surface area contributed by atoms with Crippen LogP contribution in [0.1, 0.15) is 23.9 Å². The van der Waals surface area contributed by atoms with Crippen LogP contribution in [0.4, 0.5) is 5.13 Å². The molecule has 0 aliphatic heterocycles. The Bertz CT molecular complexity index is 267. The number of aromatic nitrogens is 1. The fraction of sp³-hybridized carbons (Fsp3) is 0.625. The van der Waals surface area contributed by atoms with E-state index < -0.39 is 0 Å². The van der Waals surface area contributed by atoms with Crippen LogP contribution in [-0.4, -0.2) is 4.98 Å². The lowest BCUT2D eigenvalue weighted by Crippen LogP contribution is -2.09. The van der Waals surface area contributed by atoms with Crippen LogP contribution in [0.5, 0.6) is 0 Å². The van der Waals surface area contributed by atoms with Gasteiger partial charge in [-0.25, -0.2) is 4.98 Å². The fourth-order valence-corrected chi connectivity index (χ4v) is 2.44. The van der Waals surface area contributed by atoms with Crippen molar-refractivity contribution in [3.05, 3.63) is 10.6 Å². The van der Waals surface area contributed by atoms with Crippen LogP contribution in [0.25, 0.3) is 0 Å². The van der Waals surface area contributed by atoms with E-state index in [1.165, 1.54) is 23.4 Å². The average molecular weight is 168 g/mol. The molecule has 0 radical (unpaired) electrons. The third kappa shape index (κ3) is 1.25. The lowest BCUT2D eigenvalue weighted by atomic mass is 9.93. The maximum atomic E-state index is 5.61. The molecule has 0 fully saturated rings. The number of nitrogens with two attached hydrogens (primary N) is 1. The second-order valence-electron chi connectivity index (χ2n) is 3.27. The van der Waals surface area contributed by atoms with Crippen molar-refractivity contribution in [1.29, 1.82) is 0 Å². The second kappa shape index (κ2) is 2.48. The van der Waals surface area contributed by atoms with Gasteiger partial charge in [0, 0.05) is 4.88 Å². The number of rotatable bonds is 0. The molecule has 1 aliphatic carbocycles. The van der Waals surface area contributed by atoms with Gasteiger partial charge < -0.3 is 5.73 Å². The molecule has 0 saturated carbocycles. The Morgan fingerprint density at radius 3 is 3.27 bits per heavy atom. The lowest BCUT2D eigenvalue weighted by molar-refractivity contribution is 0.499. The van der Waals surface area contributed by atoms with Crippen molar-refractivity contribution in [2.75, 3.05) is 5.73 Å². The van der Waals surface area contributed by atoms with Crippen LogP contribution >= 0.6 is 11.3 Å². The number of hydrogen-bond acceptors (Lipinski definition) is 3. The van der Waals surface area contributed by atoms with Crippen LogP contribution < -0.4 is 5.73 Å². The van der Waals surface area contributed by atoms with Crippen molar-refractivity contribution < 1.29 is 0 Å². The molecule has 1 unspecified atom stereocenters. The van der Waals surface area contributed by atoms with E-state index in [9.17, 15) is 0 Å². The molecule has 11 heavy (non-hydrogen) atoms. The highest BCUT2D eigenvalue weighted by atomic mass is 32.1. The first-order valence-electron chi connectivity index (χ1n) is 4.00. The summed E-state index contributed by atoms with van der Waals surface area (Å²) in [6.45, 7) is 2.28. The molecular formula is C8H12N2S. The number of thiazole rings is 1.